The Morgan fingerprint density at radius 2 is 1.96 bits per heavy atom. The number of aromatic nitrogens is 3. The normalized spacial score (nSPS) is 16.4. The van der Waals surface area contributed by atoms with Crippen LogP contribution in [0.4, 0.5) is 4.39 Å². The van der Waals surface area contributed by atoms with Crippen molar-refractivity contribution in [2.45, 2.75) is 32.7 Å². The first-order valence-corrected chi connectivity index (χ1v) is 9.72. The first-order valence-electron chi connectivity index (χ1n) is 8.90. The van der Waals surface area contributed by atoms with Crippen molar-refractivity contribution in [3.8, 4) is 0 Å². The van der Waals surface area contributed by atoms with Crippen LogP contribution in [0.25, 0.3) is 4.96 Å². The van der Waals surface area contributed by atoms with Gasteiger partial charge < -0.3 is 0 Å². The van der Waals surface area contributed by atoms with Gasteiger partial charge in [0.2, 0.25) is 4.96 Å². The van der Waals surface area contributed by atoms with Gasteiger partial charge in [-0.3, -0.25) is 9.69 Å². The van der Waals surface area contributed by atoms with E-state index in [4.69, 9.17) is 0 Å². The van der Waals surface area contributed by atoms with Gasteiger partial charge >= 0.3 is 0 Å². The van der Waals surface area contributed by atoms with E-state index in [1.807, 2.05) is 19.1 Å². The lowest BCUT2D eigenvalue weighted by Crippen LogP contribution is -2.34. The van der Waals surface area contributed by atoms with Gasteiger partial charge in [0, 0.05) is 12.6 Å². The lowest BCUT2D eigenvalue weighted by atomic mass is 9.90. The first-order chi connectivity index (χ1) is 12.6. The van der Waals surface area contributed by atoms with Gasteiger partial charge in [-0.1, -0.05) is 23.5 Å². The Morgan fingerprint density at radius 1 is 1.23 bits per heavy atom. The van der Waals surface area contributed by atoms with Crippen LogP contribution in [0, 0.1) is 18.7 Å². The molecule has 1 aliphatic heterocycles. The van der Waals surface area contributed by atoms with Crippen molar-refractivity contribution in [2.24, 2.45) is 5.92 Å². The van der Waals surface area contributed by atoms with Crippen LogP contribution in [0.15, 0.2) is 35.1 Å². The lowest BCUT2D eigenvalue weighted by Gasteiger charge is -2.31. The van der Waals surface area contributed by atoms with Crippen molar-refractivity contribution in [1.29, 1.82) is 0 Å². The van der Waals surface area contributed by atoms with E-state index < -0.39 is 0 Å². The molecule has 3 aromatic rings. The van der Waals surface area contributed by atoms with E-state index in [1.54, 1.807) is 6.07 Å². The molecule has 0 saturated carbocycles. The minimum absolute atomic E-state index is 0.111. The largest absolute Gasteiger partial charge is 0.297 e. The van der Waals surface area contributed by atoms with Crippen LogP contribution in [0.1, 0.15) is 29.1 Å². The molecule has 3 heterocycles. The molecule has 0 aliphatic carbocycles. The summed E-state index contributed by atoms with van der Waals surface area (Å²) >= 11 is 1.44. The van der Waals surface area contributed by atoms with Gasteiger partial charge in [0.25, 0.3) is 5.56 Å². The maximum absolute atomic E-state index is 13.0. The highest BCUT2D eigenvalue weighted by molar-refractivity contribution is 7.16. The van der Waals surface area contributed by atoms with Gasteiger partial charge in [-0.15, -0.1) is 0 Å². The number of benzene rings is 1. The lowest BCUT2D eigenvalue weighted by molar-refractivity contribution is 0.175. The number of aryl methyl sites for hydroxylation is 1. The number of likely N-dealkylation sites (tertiary alicyclic amines) is 1. The molecular weight excluding hydrogens is 351 g/mol. The van der Waals surface area contributed by atoms with Crippen LogP contribution < -0.4 is 5.56 Å². The van der Waals surface area contributed by atoms with Crippen molar-refractivity contribution >= 4 is 16.3 Å². The predicted octanol–water partition coefficient (Wildman–Crippen LogP) is 3.05. The maximum Gasteiger partial charge on any atom is 0.275 e. The topological polar surface area (TPSA) is 50.5 Å². The minimum Gasteiger partial charge on any atom is -0.297 e. The molecule has 0 spiro atoms. The molecule has 1 saturated heterocycles. The third-order valence-corrected chi connectivity index (χ3v) is 5.75. The van der Waals surface area contributed by atoms with Gasteiger partial charge in [0.1, 0.15) is 10.8 Å². The van der Waals surface area contributed by atoms with Crippen LogP contribution in [0.2, 0.25) is 0 Å². The van der Waals surface area contributed by atoms with E-state index in [0.717, 1.165) is 43.1 Å². The van der Waals surface area contributed by atoms with Gasteiger partial charge in [-0.25, -0.2) is 9.37 Å². The highest BCUT2D eigenvalue weighted by atomic mass is 32.1. The van der Waals surface area contributed by atoms with Crippen LogP contribution in [-0.4, -0.2) is 32.6 Å². The summed E-state index contributed by atoms with van der Waals surface area (Å²) < 4.78 is 14.4. The van der Waals surface area contributed by atoms with E-state index >= 15 is 0 Å². The number of rotatable bonds is 4. The second-order valence-electron chi connectivity index (χ2n) is 6.95. The molecule has 7 heteroatoms. The zero-order valence-electron chi connectivity index (χ0n) is 14.7. The van der Waals surface area contributed by atoms with Crippen LogP contribution in [0.5, 0.6) is 0 Å². The number of hydrogen-bond acceptors (Lipinski definition) is 5. The molecule has 0 bridgehead atoms. The molecule has 5 nitrogen and oxygen atoms in total. The van der Waals surface area contributed by atoms with Crippen molar-refractivity contribution in [3.63, 3.8) is 0 Å². The quantitative estimate of drug-likeness (QED) is 0.706. The second kappa shape index (κ2) is 7.25. The molecule has 0 atom stereocenters. The molecule has 2 aromatic heterocycles. The monoisotopic (exact) mass is 372 g/mol. The third-order valence-electron chi connectivity index (χ3n) is 4.93. The summed E-state index contributed by atoms with van der Waals surface area (Å²) in [4.78, 5) is 19.8. The van der Waals surface area contributed by atoms with Gasteiger partial charge in [0.15, 0.2) is 0 Å². The molecule has 0 N–H and O–H groups in total. The standard InChI is InChI=1S/C19H21FN4OS/c1-13-22-24-18(25)11-17(21-19(24)26-13)12-23-8-6-15(7-9-23)10-14-2-4-16(20)5-3-14/h2-5,11,15H,6-10,12H2,1H3. The molecule has 0 radical (unpaired) electrons. The molecule has 136 valence electrons. The Morgan fingerprint density at radius 3 is 2.69 bits per heavy atom. The Balaban J connectivity index is 1.36. The Labute approximate surface area is 155 Å². The summed E-state index contributed by atoms with van der Waals surface area (Å²) in [5.41, 5.74) is 1.90. The molecule has 4 rings (SSSR count). The number of hydrogen-bond donors (Lipinski definition) is 0. The summed E-state index contributed by atoms with van der Waals surface area (Å²) in [6.45, 7) is 4.57. The summed E-state index contributed by atoms with van der Waals surface area (Å²) in [5.74, 6) is 0.446. The number of piperidine rings is 1. The summed E-state index contributed by atoms with van der Waals surface area (Å²) in [7, 11) is 0. The third kappa shape index (κ3) is 3.83. The molecule has 1 aromatic carbocycles. The highest BCUT2D eigenvalue weighted by Crippen LogP contribution is 2.23. The van der Waals surface area contributed by atoms with E-state index in [0.29, 0.717) is 17.4 Å². The fourth-order valence-corrected chi connectivity index (χ4v) is 4.33. The number of fused-ring (bicyclic) bond motifs is 1. The Hall–Kier alpha value is -2.12. The number of halogens is 1. The van der Waals surface area contributed by atoms with Gasteiger partial charge in [-0.2, -0.15) is 9.61 Å². The van der Waals surface area contributed by atoms with Crippen molar-refractivity contribution < 1.29 is 4.39 Å². The zero-order valence-corrected chi connectivity index (χ0v) is 15.5. The van der Waals surface area contributed by atoms with Crippen LogP contribution in [0.3, 0.4) is 0 Å². The maximum atomic E-state index is 13.0. The van der Waals surface area contributed by atoms with Crippen LogP contribution in [-0.2, 0) is 13.0 Å². The van der Waals surface area contributed by atoms with Crippen LogP contribution >= 0.6 is 11.3 Å². The van der Waals surface area contributed by atoms with E-state index in [1.165, 1.54) is 33.5 Å². The molecule has 26 heavy (non-hydrogen) atoms. The Bertz CT molecular complexity index is 958. The van der Waals surface area contributed by atoms with E-state index in [-0.39, 0.29) is 11.4 Å². The van der Waals surface area contributed by atoms with E-state index in [2.05, 4.69) is 15.0 Å². The fourth-order valence-electron chi connectivity index (χ4n) is 3.56. The Kier molecular flexibility index (Phi) is 4.82. The average Bonchev–Trinajstić information content (AvgIpc) is 3.00. The summed E-state index contributed by atoms with van der Waals surface area (Å²) in [5, 5.41) is 5.02. The second-order valence-corrected chi connectivity index (χ2v) is 8.11. The SMILES string of the molecule is Cc1nn2c(=O)cc(CN3CCC(Cc4ccc(F)cc4)CC3)nc2s1. The molecule has 1 aliphatic rings. The molecule has 1 fully saturated rings. The molecule has 0 amide bonds. The highest BCUT2D eigenvalue weighted by Gasteiger charge is 2.20. The van der Waals surface area contributed by atoms with Gasteiger partial charge in [-0.05, 0) is 62.9 Å². The molecule has 0 unspecified atom stereocenters. The van der Waals surface area contributed by atoms with Crippen molar-refractivity contribution in [1.82, 2.24) is 19.5 Å². The minimum atomic E-state index is -0.180. The van der Waals surface area contributed by atoms with Crippen molar-refractivity contribution in [2.75, 3.05) is 13.1 Å². The smallest absolute Gasteiger partial charge is 0.275 e. The van der Waals surface area contributed by atoms with E-state index in [9.17, 15) is 9.18 Å². The van der Waals surface area contributed by atoms with Gasteiger partial charge in [0.05, 0.1) is 5.69 Å². The summed E-state index contributed by atoms with van der Waals surface area (Å²) in [6.07, 6.45) is 3.22. The molecular formula is C19H21FN4OS. The fraction of sp³-hybridized carbons (Fsp3) is 0.421. The summed E-state index contributed by atoms with van der Waals surface area (Å²) in [6, 6.07) is 8.42. The number of nitrogens with zero attached hydrogens (tertiary/aromatic N) is 4. The van der Waals surface area contributed by atoms with Crippen molar-refractivity contribution in [3.05, 3.63) is 62.8 Å². The first kappa shape index (κ1) is 17.3. The predicted molar refractivity (Wildman–Crippen MR) is 100.0 cm³/mol. The average molecular weight is 372 g/mol. The zero-order chi connectivity index (χ0) is 18.1.